The molecule has 1 aliphatic heterocycles. The van der Waals surface area contributed by atoms with E-state index in [1.807, 2.05) is 6.92 Å². The van der Waals surface area contributed by atoms with Crippen LogP contribution in [0, 0.1) is 0 Å². The third kappa shape index (κ3) is 3.27. The molecule has 0 aromatic heterocycles. The van der Waals surface area contributed by atoms with Crippen LogP contribution in [0.5, 0.6) is 0 Å². The molecule has 1 rings (SSSR count). The van der Waals surface area contributed by atoms with E-state index in [9.17, 15) is 4.79 Å². The summed E-state index contributed by atoms with van der Waals surface area (Å²) in [6, 6.07) is 0. The standard InChI is InChI=1S/C10H18O4/c1-4-12-9(11)7-10(3)13-6-5-8(2)14-10/h8H,4-7H2,1-3H3/t8-,10-/m0/s1. The van der Waals surface area contributed by atoms with E-state index in [0.29, 0.717) is 13.2 Å². The largest absolute Gasteiger partial charge is 0.466 e. The Labute approximate surface area is 84.5 Å². The lowest BCUT2D eigenvalue weighted by Gasteiger charge is -2.36. The molecule has 4 nitrogen and oxygen atoms in total. The predicted molar refractivity (Wildman–Crippen MR) is 50.8 cm³/mol. The molecule has 1 aliphatic rings. The van der Waals surface area contributed by atoms with Gasteiger partial charge in [0.05, 0.1) is 25.7 Å². The summed E-state index contributed by atoms with van der Waals surface area (Å²) in [4.78, 5) is 11.2. The lowest BCUT2D eigenvalue weighted by atomic mass is 10.1. The van der Waals surface area contributed by atoms with Gasteiger partial charge < -0.3 is 14.2 Å². The van der Waals surface area contributed by atoms with E-state index in [4.69, 9.17) is 14.2 Å². The first-order valence-corrected chi connectivity index (χ1v) is 5.03. The van der Waals surface area contributed by atoms with E-state index in [-0.39, 0.29) is 18.5 Å². The minimum absolute atomic E-state index is 0.142. The fourth-order valence-corrected chi connectivity index (χ4v) is 1.53. The Bertz CT molecular complexity index is 204. The first-order valence-electron chi connectivity index (χ1n) is 5.03. The Morgan fingerprint density at radius 2 is 2.36 bits per heavy atom. The van der Waals surface area contributed by atoms with E-state index in [0.717, 1.165) is 6.42 Å². The number of hydrogen-bond acceptors (Lipinski definition) is 4. The smallest absolute Gasteiger partial charge is 0.311 e. The molecule has 1 heterocycles. The minimum Gasteiger partial charge on any atom is -0.466 e. The first kappa shape index (κ1) is 11.5. The summed E-state index contributed by atoms with van der Waals surface area (Å²) >= 11 is 0. The molecule has 0 bridgehead atoms. The van der Waals surface area contributed by atoms with Crippen LogP contribution < -0.4 is 0 Å². The van der Waals surface area contributed by atoms with Crippen molar-refractivity contribution in [1.29, 1.82) is 0 Å². The van der Waals surface area contributed by atoms with Crippen LogP contribution in [0.2, 0.25) is 0 Å². The maximum Gasteiger partial charge on any atom is 0.311 e. The van der Waals surface area contributed by atoms with Crippen LogP contribution in [0.4, 0.5) is 0 Å². The second-order valence-corrected chi connectivity index (χ2v) is 3.68. The van der Waals surface area contributed by atoms with Gasteiger partial charge in [-0.25, -0.2) is 0 Å². The Kier molecular flexibility index (Phi) is 3.89. The molecule has 1 fully saturated rings. The van der Waals surface area contributed by atoms with Crippen molar-refractivity contribution in [2.75, 3.05) is 13.2 Å². The number of carbonyl (C=O) groups excluding carboxylic acids is 1. The van der Waals surface area contributed by atoms with Crippen LogP contribution in [0.1, 0.15) is 33.6 Å². The van der Waals surface area contributed by atoms with Crippen LogP contribution >= 0.6 is 0 Å². The molecule has 0 N–H and O–H groups in total. The zero-order valence-electron chi connectivity index (χ0n) is 9.04. The van der Waals surface area contributed by atoms with Crippen LogP contribution in [0.3, 0.4) is 0 Å². The predicted octanol–water partition coefficient (Wildman–Crippen LogP) is 1.48. The summed E-state index contributed by atoms with van der Waals surface area (Å²) in [6.45, 7) is 6.57. The van der Waals surface area contributed by atoms with Gasteiger partial charge in [-0.15, -0.1) is 0 Å². The summed E-state index contributed by atoms with van der Waals surface area (Å²) in [5, 5.41) is 0. The molecule has 4 heteroatoms. The van der Waals surface area contributed by atoms with Gasteiger partial charge in [0.15, 0.2) is 5.79 Å². The maximum atomic E-state index is 11.2. The van der Waals surface area contributed by atoms with E-state index in [2.05, 4.69) is 0 Å². The van der Waals surface area contributed by atoms with Crippen LogP contribution in [-0.2, 0) is 19.0 Å². The number of hydrogen-bond donors (Lipinski definition) is 0. The highest BCUT2D eigenvalue weighted by Gasteiger charge is 2.35. The zero-order valence-corrected chi connectivity index (χ0v) is 9.04. The average molecular weight is 202 g/mol. The lowest BCUT2D eigenvalue weighted by molar-refractivity contribution is -0.281. The van der Waals surface area contributed by atoms with E-state index >= 15 is 0 Å². The van der Waals surface area contributed by atoms with Gasteiger partial charge in [0, 0.05) is 0 Å². The second kappa shape index (κ2) is 4.75. The van der Waals surface area contributed by atoms with Crippen molar-refractivity contribution in [3.8, 4) is 0 Å². The highest BCUT2D eigenvalue weighted by Crippen LogP contribution is 2.26. The SMILES string of the molecule is CCOC(=O)C[C@@]1(C)OCC[C@H](C)O1. The summed E-state index contributed by atoms with van der Waals surface area (Å²) in [5.74, 6) is -1.08. The fraction of sp³-hybridized carbons (Fsp3) is 0.900. The van der Waals surface area contributed by atoms with E-state index < -0.39 is 5.79 Å². The van der Waals surface area contributed by atoms with Crippen molar-refractivity contribution in [2.24, 2.45) is 0 Å². The summed E-state index contributed by atoms with van der Waals surface area (Å²) in [7, 11) is 0. The van der Waals surface area contributed by atoms with Gasteiger partial charge in [-0.3, -0.25) is 4.79 Å². The van der Waals surface area contributed by atoms with E-state index in [1.165, 1.54) is 0 Å². The molecular weight excluding hydrogens is 184 g/mol. The van der Waals surface area contributed by atoms with Crippen LogP contribution in [-0.4, -0.2) is 31.1 Å². The lowest BCUT2D eigenvalue weighted by Crippen LogP contribution is -2.43. The van der Waals surface area contributed by atoms with Crippen molar-refractivity contribution >= 4 is 5.97 Å². The monoisotopic (exact) mass is 202 g/mol. The summed E-state index contributed by atoms with van der Waals surface area (Å²) in [6.07, 6.45) is 1.17. The third-order valence-electron chi connectivity index (χ3n) is 2.15. The molecule has 0 saturated carbocycles. The highest BCUT2D eigenvalue weighted by atomic mass is 16.7. The van der Waals surface area contributed by atoms with Gasteiger partial charge in [0.25, 0.3) is 0 Å². The zero-order chi connectivity index (χ0) is 10.6. The summed E-state index contributed by atoms with van der Waals surface area (Å²) in [5.41, 5.74) is 0. The summed E-state index contributed by atoms with van der Waals surface area (Å²) < 4.78 is 15.8. The third-order valence-corrected chi connectivity index (χ3v) is 2.15. The Hall–Kier alpha value is -0.610. The van der Waals surface area contributed by atoms with Crippen LogP contribution in [0.15, 0.2) is 0 Å². The Morgan fingerprint density at radius 3 is 2.93 bits per heavy atom. The van der Waals surface area contributed by atoms with Gasteiger partial charge in [-0.2, -0.15) is 0 Å². The van der Waals surface area contributed by atoms with Crippen molar-refractivity contribution in [1.82, 2.24) is 0 Å². The molecular formula is C10H18O4. The molecule has 82 valence electrons. The quantitative estimate of drug-likeness (QED) is 0.650. The molecule has 0 unspecified atom stereocenters. The molecule has 0 radical (unpaired) electrons. The molecule has 0 aliphatic carbocycles. The van der Waals surface area contributed by atoms with Gasteiger partial charge in [0.2, 0.25) is 0 Å². The minimum atomic E-state index is -0.802. The molecule has 0 aromatic rings. The second-order valence-electron chi connectivity index (χ2n) is 3.68. The van der Waals surface area contributed by atoms with Gasteiger partial charge in [-0.1, -0.05) is 0 Å². The molecule has 1 saturated heterocycles. The van der Waals surface area contributed by atoms with Gasteiger partial charge >= 0.3 is 5.97 Å². The fourth-order valence-electron chi connectivity index (χ4n) is 1.53. The molecule has 0 aromatic carbocycles. The molecule has 0 spiro atoms. The Balaban J connectivity index is 2.43. The Morgan fingerprint density at radius 1 is 1.64 bits per heavy atom. The van der Waals surface area contributed by atoms with Crippen molar-refractivity contribution in [2.45, 2.75) is 45.5 Å². The van der Waals surface area contributed by atoms with Crippen molar-refractivity contribution in [3.63, 3.8) is 0 Å². The number of ether oxygens (including phenoxy) is 3. The van der Waals surface area contributed by atoms with E-state index in [1.54, 1.807) is 13.8 Å². The number of rotatable bonds is 3. The van der Waals surface area contributed by atoms with Crippen LogP contribution in [0.25, 0.3) is 0 Å². The van der Waals surface area contributed by atoms with Crippen molar-refractivity contribution < 1.29 is 19.0 Å². The molecule has 0 amide bonds. The first-order chi connectivity index (χ1) is 6.56. The molecule has 14 heavy (non-hydrogen) atoms. The highest BCUT2D eigenvalue weighted by molar-refractivity contribution is 5.70. The van der Waals surface area contributed by atoms with Gasteiger partial charge in [-0.05, 0) is 27.2 Å². The average Bonchev–Trinajstić information content (AvgIpc) is 2.02. The normalized spacial score (nSPS) is 32.6. The van der Waals surface area contributed by atoms with Crippen molar-refractivity contribution in [3.05, 3.63) is 0 Å². The maximum absolute atomic E-state index is 11.2. The number of esters is 1. The van der Waals surface area contributed by atoms with Gasteiger partial charge in [0.1, 0.15) is 0 Å². The topological polar surface area (TPSA) is 44.8 Å². The molecule has 2 atom stereocenters. The number of carbonyl (C=O) groups is 1.